The van der Waals surface area contributed by atoms with Gasteiger partial charge < -0.3 is 10.6 Å². The predicted octanol–water partition coefficient (Wildman–Crippen LogP) is 3.62. The van der Waals surface area contributed by atoms with Gasteiger partial charge in [-0.3, -0.25) is 4.79 Å². The van der Waals surface area contributed by atoms with Gasteiger partial charge in [0.25, 0.3) is 0 Å². The first-order chi connectivity index (χ1) is 9.07. The van der Waals surface area contributed by atoms with E-state index in [4.69, 9.17) is 0 Å². The number of carbonyl (C=O) groups excluding carboxylic acids is 1. The average molecular weight is 325 g/mol. The fraction of sp³-hybridized carbons (Fsp3) is 0.533. The van der Waals surface area contributed by atoms with Gasteiger partial charge in [-0.25, -0.2) is 0 Å². The molecule has 0 aromatic heterocycles. The summed E-state index contributed by atoms with van der Waals surface area (Å²) in [6, 6.07) is 5.96. The van der Waals surface area contributed by atoms with Gasteiger partial charge in [-0.1, -0.05) is 35.3 Å². The van der Waals surface area contributed by atoms with Crippen LogP contribution in [0.25, 0.3) is 0 Å². The highest BCUT2D eigenvalue weighted by molar-refractivity contribution is 9.10. The molecule has 1 saturated heterocycles. The van der Waals surface area contributed by atoms with Gasteiger partial charge in [-0.05, 0) is 50.4 Å². The largest absolute Gasteiger partial charge is 0.324 e. The highest BCUT2D eigenvalue weighted by Gasteiger charge is 2.39. The fourth-order valence-corrected chi connectivity index (χ4v) is 3.09. The van der Waals surface area contributed by atoms with Crippen molar-refractivity contribution in [3.63, 3.8) is 0 Å². The number of hydrogen-bond acceptors (Lipinski definition) is 2. The summed E-state index contributed by atoms with van der Waals surface area (Å²) in [7, 11) is 0. The zero-order valence-corrected chi connectivity index (χ0v) is 13.1. The molecule has 1 aromatic carbocycles. The minimum absolute atomic E-state index is 0.105. The molecular weight excluding hydrogens is 304 g/mol. The van der Waals surface area contributed by atoms with Gasteiger partial charge in [0.2, 0.25) is 5.91 Å². The van der Waals surface area contributed by atoms with Crippen LogP contribution in [-0.2, 0) is 4.79 Å². The Morgan fingerprint density at radius 1 is 1.53 bits per heavy atom. The van der Waals surface area contributed by atoms with Crippen molar-refractivity contribution in [1.82, 2.24) is 5.32 Å². The lowest BCUT2D eigenvalue weighted by molar-refractivity contribution is -0.122. The Balaban J connectivity index is 2.17. The molecule has 1 unspecified atom stereocenters. The van der Waals surface area contributed by atoms with Gasteiger partial charge in [0.15, 0.2) is 0 Å². The summed E-state index contributed by atoms with van der Waals surface area (Å²) in [4.78, 5) is 12.6. The molecule has 0 bridgehead atoms. The van der Waals surface area contributed by atoms with Crippen LogP contribution in [-0.4, -0.2) is 18.0 Å². The van der Waals surface area contributed by atoms with Crippen molar-refractivity contribution in [1.29, 1.82) is 0 Å². The molecule has 1 fully saturated rings. The van der Waals surface area contributed by atoms with Gasteiger partial charge in [-0.2, -0.15) is 0 Å². The van der Waals surface area contributed by atoms with E-state index < -0.39 is 0 Å². The van der Waals surface area contributed by atoms with Crippen LogP contribution in [0.5, 0.6) is 0 Å². The third kappa shape index (κ3) is 3.18. The summed E-state index contributed by atoms with van der Waals surface area (Å²) in [5, 5.41) is 6.49. The number of benzene rings is 1. The van der Waals surface area contributed by atoms with Crippen LogP contribution in [0.4, 0.5) is 5.69 Å². The number of aryl methyl sites for hydroxylation is 1. The lowest BCUT2D eigenvalue weighted by Crippen LogP contribution is -2.50. The Kier molecular flexibility index (Phi) is 4.63. The number of halogens is 1. The van der Waals surface area contributed by atoms with E-state index in [0.29, 0.717) is 0 Å². The highest BCUT2D eigenvalue weighted by Crippen LogP contribution is 2.28. The van der Waals surface area contributed by atoms with E-state index >= 15 is 0 Å². The minimum Gasteiger partial charge on any atom is -0.324 e. The SMILES string of the molecule is CCCC1(C(=O)Nc2cc(Br)ccc2C)CCCN1. The summed E-state index contributed by atoms with van der Waals surface area (Å²) in [5.74, 6) is 0.105. The first-order valence-corrected chi connectivity index (χ1v) is 7.69. The van der Waals surface area contributed by atoms with Gasteiger partial charge in [-0.15, -0.1) is 0 Å². The number of anilines is 1. The third-order valence-corrected chi connectivity index (χ3v) is 4.30. The van der Waals surface area contributed by atoms with Crippen molar-refractivity contribution in [3.05, 3.63) is 28.2 Å². The van der Waals surface area contributed by atoms with Crippen LogP contribution >= 0.6 is 15.9 Å². The van der Waals surface area contributed by atoms with Crippen molar-refractivity contribution in [2.24, 2.45) is 0 Å². The second-order valence-corrected chi connectivity index (χ2v) is 6.19. The Morgan fingerprint density at radius 3 is 2.95 bits per heavy atom. The molecule has 0 aliphatic carbocycles. The van der Waals surface area contributed by atoms with Gasteiger partial charge in [0, 0.05) is 10.2 Å². The topological polar surface area (TPSA) is 41.1 Å². The number of carbonyl (C=O) groups is 1. The Hall–Kier alpha value is -0.870. The Labute approximate surface area is 123 Å². The number of rotatable bonds is 4. The molecular formula is C15H21BrN2O. The summed E-state index contributed by atoms with van der Waals surface area (Å²) in [5.41, 5.74) is 1.61. The number of nitrogens with one attached hydrogen (secondary N) is 2. The zero-order valence-electron chi connectivity index (χ0n) is 11.6. The maximum absolute atomic E-state index is 12.6. The first-order valence-electron chi connectivity index (χ1n) is 6.90. The summed E-state index contributed by atoms with van der Waals surface area (Å²) >= 11 is 3.45. The lowest BCUT2D eigenvalue weighted by atomic mass is 9.90. The second-order valence-electron chi connectivity index (χ2n) is 5.28. The van der Waals surface area contributed by atoms with Crippen molar-refractivity contribution in [3.8, 4) is 0 Å². The number of amides is 1. The van der Waals surface area contributed by atoms with Crippen LogP contribution in [0.1, 0.15) is 38.2 Å². The van der Waals surface area contributed by atoms with Gasteiger partial charge in [0.05, 0.1) is 5.54 Å². The quantitative estimate of drug-likeness (QED) is 0.888. The van der Waals surface area contributed by atoms with Crippen LogP contribution in [0.15, 0.2) is 22.7 Å². The van der Waals surface area contributed by atoms with Crippen LogP contribution in [0.2, 0.25) is 0 Å². The zero-order chi connectivity index (χ0) is 13.9. The van der Waals surface area contributed by atoms with Gasteiger partial charge >= 0.3 is 0 Å². The average Bonchev–Trinajstić information content (AvgIpc) is 2.84. The first kappa shape index (κ1) is 14.5. The smallest absolute Gasteiger partial charge is 0.244 e. The summed E-state index contributed by atoms with van der Waals surface area (Å²) in [6.07, 6.45) is 3.91. The van der Waals surface area contributed by atoms with E-state index in [1.54, 1.807) is 0 Å². The van der Waals surface area contributed by atoms with Crippen molar-refractivity contribution < 1.29 is 4.79 Å². The van der Waals surface area contributed by atoms with Crippen molar-refractivity contribution in [2.45, 2.75) is 45.1 Å². The highest BCUT2D eigenvalue weighted by atomic mass is 79.9. The van der Waals surface area contributed by atoms with E-state index in [1.165, 1.54) is 0 Å². The molecule has 104 valence electrons. The molecule has 0 saturated carbocycles. The van der Waals surface area contributed by atoms with E-state index in [0.717, 1.165) is 48.0 Å². The fourth-order valence-electron chi connectivity index (χ4n) is 2.72. The molecule has 1 amide bonds. The minimum atomic E-state index is -0.372. The molecule has 2 N–H and O–H groups in total. The molecule has 1 atom stereocenters. The second kappa shape index (κ2) is 6.06. The Morgan fingerprint density at radius 2 is 2.32 bits per heavy atom. The molecule has 0 radical (unpaired) electrons. The summed E-state index contributed by atoms with van der Waals surface area (Å²) in [6.45, 7) is 5.07. The van der Waals surface area contributed by atoms with E-state index in [1.807, 2.05) is 25.1 Å². The van der Waals surface area contributed by atoms with E-state index in [9.17, 15) is 4.79 Å². The molecule has 1 aliphatic rings. The van der Waals surface area contributed by atoms with E-state index in [2.05, 4.69) is 33.5 Å². The maximum Gasteiger partial charge on any atom is 0.244 e. The molecule has 2 rings (SSSR count). The molecule has 0 spiro atoms. The predicted molar refractivity (Wildman–Crippen MR) is 82.4 cm³/mol. The molecule has 19 heavy (non-hydrogen) atoms. The molecule has 1 aliphatic heterocycles. The lowest BCUT2D eigenvalue weighted by Gasteiger charge is -2.28. The maximum atomic E-state index is 12.6. The van der Waals surface area contributed by atoms with Gasteiger partial charge in [0.1, 0.15) is 0 Å². The molecule has 1 heterocycles. The van der Waals surface area contributed by atoms with Crippen LogP contribution < -0.4 is 10.6 Å². The van der Waals surface area contributed by atoms with Crippen LogP contribution in [0, 0.1) is 6.92 Å². The Bertz CT molecular complexity index is 467. The summed E-state index contributed by atoms with van der Waals surface area (Å²) < 4.78 is 0.984. The standard InChI is InChI=1S/C15H21BrN2O/c1-3-7-15(8-4-9-17-15)14(19)18-13-10-12(16)6-5-11(13)2/h5-6,10,17H,3-4,7-9H2,1-2H3,(H,18,19). The normalized spacial score (nSPS) is 22.5. The van der Waals surface area contributed by atoms with E-state index in [-0.39, 0.29) is 11.4 Å². The van der Waals surface area contributed by atoms with Crippen molar-refractivity contribution >= 4 is 27.5 Å². The third-order valence-electron chi connectivity index (χ3n) is 3.80. The van der Waals surface area contributed by atoms with Crippen LogP contribution in [0.3, 0.4) is 0 Å². The monoisotopic (exact) mass is 324 g/mol. The van der Waals surface area contributed by atoms with Crippen molar-refractivity contribution in [2.75, 3.05) is 11.9 Å². The molecule has 1 aromatic rings. The molecule has 4 heteroatoms. The number of hydrogen-bond donors (Lipinski definition) is 2. The molecule has 3 nitrogen and oxygen atoms in total.